The minimum absolute atomic E-state index is 0.375. The molecule has 0 fully saturated rings. The molecule has 2 N–H and O–H groups in total. The smallest absolute Gasteiger partial charge is 0.205 e. The topological polar surface area (TPSA) is 67.6 Å². The second kappa shape index (κ2) is 4.41. The SMILES string of the molecule is N#Cc1cc(Br)ccc1-n1c(N)nc2ccccc21. The molecule has 2 aromatic carbocycles. The molecule has 3 rings (SSSR count). The van der Waals surface area contributed by atoms with Gasteiger partial charge in [0, 0.05) is 4.47 Å². The van der Waals surface area contributed by atoms with Gasteiger partial charge in [0.25, 0.3) is 0 Å². The molecule has 1 heterocycles. The van der Waals surface area contributed by atoms with Crippen LogP contribution in [0.4, 0.5) is 5.95 Å². The maximum absolute atomic E-state index is 9.26. The highest BCUT2D eigenvalue weighted by Gasteiger charge is 2.12. The molecule has 4 nitrogen and oxygen atoms in total. The van der Waals surface area contributed by atoms with E-state index in [0.717, 1.165) is 21.2 Å². The largest absolute Gasteiger partial charge is 0.369 e. The summed E-state index contributed by atoms with van der Waals surface area (Å²) in [5, 5.41) is 9.26. The summed E-state index contributed by atoms with van der Waals surface area (Å²) in [4.78, 5) is 4.31. The summed E-state index contributed by atoms with van der Waals surface area (Å²) in [5.41, 5.74) is 8.96. The number of nitrogens with zero attached hydrogens (tertiary/aromatic N) is 3. The molecule has 0 aliphatic heterocycles. The predicted molar refractivity (Wildman–Crippen MR) is 77.9 cm³/mol. The van der Waals surface area contributed by atoms with Gasteiger partial charge in [-0.2, -0.15) is 5.26 Å². The summed E-state index contributed by atoms with van der Waals surface area (Å²) < 4.78 is 2.65. The van der Waals surface area contributed by atoms with Crippen molar-refractivity contribution in [2.45, 2.75) is 0 Å². The van der Waals surface area contributed by atoms with Crippen LogP contribution < -0.4 is 5.73 Å². The molecule has 0 spiro atoms. The first kappa shape index (κ1) is 11.8. The molecule has 0 aliphatic rings. The summed E-state index contributed by atoms with van der Waals surface area (Å²) >= 11 is 3.36. The van der Waals surface area contributed by atoms with E-state index < -0.39 is 0 Å². The predicted octanol–water partition coefficient (Wildman–Crippen LogP) is 3.24. The van der Waals surface area contributed by atoms with Crippen molar-refractivity contribution >= 4 is 32.9 Å². The van der Waals surface area contributed by atoms with Crippen LogP contribution in [0.3, 0.4) is 0 Å². The van der Waals surface area contributed by atoms with Gasteiger partial charge in [-0.25, -0.2) is 4.98 Å². The number of halogens is 1. The Morgan fingerprint density at radius 3 is 2.79 bits per heavy atom. The molecule has 92 valence electrons. The number of hydrogen-bond donors (Lipinski definition) is 1. The molecule has 0 saturated carbocycles. The van der Waals surface area contributed by atoms with E-state index in [9.17, 15) is 5.26 Å². The number of imidazole rings is 1. The van der Waals surface area contributed by atoms with E-state index in [1.54, 1.807) is 10.6 Å². The summed E-state index contributed by atoms with van der Waals surface area (Å²) in [6.07, 6.45) is 0. The van der Waals surface area contributed by atoms with E-state index in [-0.39, 0.29) is 0 Å². The maximum atomic E-state index is 9.26. The first-order valence-corrected chi connectivity index (χ1v) is 6.43. The molecule has 0 bridgehead atoms. The van der Waals surface area contributed by atoms with Crippen molar-refractivity contribution < 1.29 is 0 Å². The number of anilines is 1. The van der Waals surface area contributed by atoms with Gasteiger partial charge in [-0.15, -0.1) is 0 Å². The highest BCUT2D eigenvalue weighted by molar-refractivity contribution is 9.10. The lowest BCUT2D eigenvalue weighted by Crippen LogP contribution is -2.02. The van der Waals surface area contributed by atoms with Gasteiger partial charge in [0.1, 0.15) is 6.07 Å². The Balaban J connectivity index is 2.37. The standard InChI is InChI=1S/C14H9BrN4/c15-10-5-6-12(9(7-10)8-16)19-13-4-2-1-3-11(13)18-14(19)17/h1-7H,(H2,17,18). The van der Waals surface area contributed by atoms with Gasteiger partial charge in [-0.1, -0.05) is 28.1 Å². The van der Waals surface area contributed by atoms with Gasteiger partial charge in [-0.3, -0.25) is 4.57 Å². The fourth-order valence-electron chi connectivity index (χ4n) is 2.09. The van der Waals surface area contributed by atoms with Gasteiger partial charge in [0.2, 0.25) is 5.95 Å². The molecular formula is C14H9BrN4. The van der Waals surface area contributed by atoms with E-state index in [0.29, 0.717) is 11.5 Å². The average Bonchev–Trinajstić information content (AvgIpc) is 2.74. The van der Waals surface area contributed by atoms with Crippen LogP contribution in [0.2, 0.25) is 0 Å². The van der Waals surface area contributed by atoms with Gasteiger partial charge in [0.05, 0.1) is 22.3 Å². The molecule has 0 aliphatic carbocycles. The van der Waals surface area contributed by atoms with Crippen LogP contribution in [0.25, 0.3) is 16.7 Å². The van der Waals surface area contributed by atoms with Gasteiger partial charge in [-0.05, 0) is 30.3 Å². The Bertz CT molecular complexity index is 814. The van der Waals surface area contributed by atoms with Crippen molar-refractivity contribution in [1.82, 2.24) is 9.55 Å². The summed E-state index contributed by atoms with van der Waals surface area (Å²) in [6.45, 7) is 0. The van der Waals surface area contributed by atoms with Gasteiger partial charge < -0.3 is 5.73 Å². The van der Waals surface area contributed by atoms with Crippen molar-refractivity contribution in [2.24, 2.45) is 0 Å². The Morgan fingerprint density at radius 2 is 2.00 bits per heavy atom. The zero-order valence-corrected chi connectivity index (χ0v) is 11.4. The fourth-order valence-corrected chi connectivity index (χ4v) is 2.45. The molecule has 0 saturated heterocycles. The second-order valence-corrected chi connectivity index (χ2v) is 4.98. The molecule has 0 amide bonds. The molecular weight excluding hydrogens is 304 g/mol. The lowest BCUT2D eigenvalue weighted by Gasteiger charge is -2.08. The van der Waals surface area contributed by atoms with Crippen LogP contribution >= 0.6 is 15.9 Å². The zero-order valence-electron chi connectivity index (χ0n) is 9.84. The number of nitrogens with two attached hydrogens (primary N) is 1. The summed E-state index contributed by atoms with van der Waals surface area (Å²) in [5.74, 6) is 0.375. The first-order chi connectivity index (χ1) is 9.20. The number of hydrogen-bond acceptors (Lipinski definition) is 3. The van der Waals surface area contributed by atoms with Crippen LogP contribution in [0.1, 0.15) is 5.56 Å². The Hall–Kier alpha value is -2.32. The number of rotatable bonds is 1. The number of nitriles is 1. The van der Waals surface area contributed by atoms with E-state index >= 15 is 0 Å². The highest BCUT2D eigenvalue weighted by Crippen LogP contribution is 2.26. The Labute approximate surface area is 118 Å². The summed E-state index contributed by atoms with van der Waals surface area (Å²) in [6, 6.07) is 15.3. The lowest BCUT2D eigenvalue weighted by atomic mass is 10.2. The minimum atomic E-state index is 0.375. The number of fused-ring (bicyclic) bond motifs is 1. The van der Waals surface area contributed by atoms with Gasteiger partial charge in [0.15, 0.2) is 0 Å². The lowest BCUT2D eigenvalue weighted by molar-refractivity contribution is 1.10. The summed E-state index contributed by atoms with van der Waals surface area (Å²) in [7, 11) is 0. The van der Waals surface area contributed by atoms with Crippen LogP contribution in [0, 0.1) is 11.3 Å². The number of para-hydroxylation sites is 2. The first-order valence-electron chi connectivity index (χ1n) is 5.63. The normalized spacial score (nSPS) is 10.5. The highest BCUT2D eigenvalue weighted by atomic mass is 79.9. The van der Waals surface area contributed by atoms with Crippen LogP contribution in [0.15, 0.2) is 46.9 Å². The van der Waals surface area contributed by atoms with E-state index in [2.05, 4.69) is 27.0 Å². The number of aromatic nitrogens is 2. The number of nitrogen functional groups attached to an aromatic ring is 1. The fraction of sp³-hybridized carbons (Fsp3) is 0. The third kappa shape index (κ3) is 1.86. The molecule has 5 heteroatoms. The van der Waals surface area contributed by atoms with Crippen LogP contribution in [-0.2, 0) is 0 Å². The van der Waals surface area contributed by atoms with E-state index in [1.807, 2.05) is 36.4 Å². The van der Waals surface area contributed by atoms with Crippen LogP contribution in [0.5, 0.6) is 0 Å². The molecule has 0 atom stereocenters. The zero-order chi connectivity index (χ0) is 13.4. The monoisotopic (exact) mass is 312 g/mol. The minimum Gasteiger partial charge on any atom is -0.369 e. The molecule has 3 aromatic rings. The van der Waals surface area contributed by atoms with Crippen molar-refractivity contribution in [3.63, 3.8) is 0 Å². The Morgan fingerprint density at radius 1 is 1.21 bits per heavy atom. The quantitative estimate of drug-likeness (QED) is 0.750. The average molecular weight is 313 g/mol. The van der Waals surface area contributed by atoms with Crippen molar-refractivity contribution in [2.75, 3.05) is 5.73 Å². The van der Waals surface area contributed by atoms with E-state index in [1.165, 1.54) is 0 Å². The van der Waals surface area contributed by atoms with Gasteiger partial charge >= 0.3 is 0 Å². The molecule has 1 aromatic heterocycles. The number of benzene rings is 2. The maximum Gasteiger partial charge on any atom is 0.205 e. The molecule has 19 heavy (non-hydrogen) atoms. The third-order valence-corrected chi connectivity index (χ3v) is 3.40. The van der Waals surface area contributed by atoms with Crippen molar-refractivity contribution in [3.05, 3.63) is 52.5 Å². The van der Waals surface area contributed by atoms with Crippen molar-refractivity contribution in [1.29, 1.82) is 5.26 Å². The third-order valence-electron chi connectivity index (χ3n) is 2.91. The molecule has 0 unspecified atom stereocenters. The van der Waals surface area contributed by atoms with Crippen molar-refractivity contribution in [3.8, 4) is 11.8 Å². The molecule has 0 radical (unpaired) electrons. The van der Waals surface area contributed by atoms with Crippen LogP contribution in [-0.4, -0.2) is 9.55 Å². The Kier molecular flexibility index (Phi) is 2.73. The van der Waals surface area contributed by atoms with E-state index in [4.69, 9.17) is 5.73 Å². The second-order valence-electron chi connectivity index (χ2n) is 4.07.